The molecule has 23 heavy (non-hydrogen) atoms. The van der Waals surface area contributed by atoms with Gasteiger partial charge in [0.2, 0.25) is 0 Å². The smallest absolute Gasteiger partial charge is 0.0373 e. The molecular formula is C21H36N2. The van der Waals surface area contributed by atoms with Crippen LogP contribution in [-0.4, -0.2) is 24.0 Å². The second kappa shape index (κ2) is 9.32. The van der Waals surface area contributed by atoms with E-state index in [-0.39, 0.29) is 0 Å². The maximum Gasteiger partial charge on any atom is 0.0373 e. The van der Waals surface area contributed by atoms with Gasteiger partial charge in [-0.2, -0.15) is 0 Å². The predicted octanol–water partition coefficient (Wildman–Crippen LogP) is 5.47. The lowest BCUT2D eigenvalue weighted by atomic mass is 9.89. The van der Waals surface area contributed by atoms with Crippen LogP contribution < -0.4 is 5.73 Å². The lowest BCUT2D eigenvalue weighted by Crippen LogP contribution is -2.42. The summed E-state index contributed by atoms with van der Waals surface area (Å²) in [4.78, 5) is 2.72. The van der Waals surface area contributed by atoms with Crippen molar-refractivity contribution < 1.29 is 0 Å². The third kappa shape index (κ3) is 5.53. The molecule has 0 amide bonds. The lowest BCUT2D eigenvalue weighted by molar-refractivity contribution is 0.111. The van der Waals surface area contributed by atoms with Crippen molar-refractivity contribution in [1.29, 1.82) is 0 Å². The Labute approximate surface area is 143 Å². The van der Waals surface area contributed by atoms with E-state index in [4.69, 9.17) is 5.73 Å². The molecule has 2 N–H and O–H groups in total. The molecule has 2 aliphatic rings. The highest BCUT2D eigenvalue weighted by Gasteiger charge is 2.25. The third-order valence-electron chi connectivity index (χ3n) is 5.84. The predicted molar refractivity (Wildman–Crippen MR) is 102 cm³/mol. The van der Waals surface area contributed by atoms with Crippen molar-refractivity contribution in [3.8, 4) is 0 Å². The van der Waals surface area contributed by atoms with Gasteiger partial charge < -0.3 is 10.6 Å². The van der Waals surface area contributed by atoms with Crippen LogP contribution >= 0.6 is 0 Å². The average molecular weight is 317 g/mol. The first-order valence-electron chi connectivity index (χ1n) is 9.63. The zero-order valence-electron chi connectivity index (χ0n) is 15.5. The standard InChI is InChI=1S/C13H25N.C8H11N/c1-14(12-8-4-2-5-9-12)13-10-6-3-7-11-13;1-6-4-3-5-7(2)8(6)9/h12-13H,2-11H2,1H3;3-5H,9H2,1-2H3. The molecule has 0 unspecified atom stereocenters. The summed E-state index contributed by atoms with van der Waals surface area (Å²) in [5.74, 6) is 0. The van der Waals surface area contributed by atoms with E-state index in [1.165, 1.54) is 64.2 Å². The van der Waals surface area contributed by atoms with Gasteiger partial charge in [0.05, 0.1) is 0 Å². The Morgan fingerprint density at radius 3 is 1.52 bits per heavy atom. The molecule has 0 aromatic heterocycles. The summed E-state index contributed by atoms with van der Waals surface area (Å²) in [5.41, 5.74) is 8.92. The SMILES string of the molecule is CN(C1CCCCC1)C1CCCCC1.Cc1cccc(C)c1N. The fourth-order valence-electron chi connectivity index (χ4n) is 4.10. The largest absolute Gasteiger partial charge is 0.398 e. The van der Waals surface area contributed by atoms with Gasteiger partial charge in [-0.3, -0.25) is 0 Å². The first-order valence-corrected chi connectivity index (χ1v) is 9.63. The quantitative estimate of drug-likeness (QED) is 0.733. The second-order valence-corrected chi connectivity index (χ2v) is 7.55. The number of para-hydroxylation sites is 1. The van der Waals surface area contributed by atoms with Gasteiger partial charge in [0.15, 0.2) is 0 Å². The molecule has 2 saturated carbocycles. The summed E-state index contributed by atoms with van der Waals surface area (Å²) in [6.07, 6.45) is 14.7. The number of benzene rings is 1. The Kier molecular flexibility index (Phi) is 7.42. The van der Waals surface area contributed by atoms with Gasteiger partial charge in [0.25, 0.3) is 0 Å². The number of hydrogen-bond donors (Lipinski definition) is 1. The molecule has 0 heterocycles. The lowest BCUT2D eigenvalue weighted by Gasteiger charge is -2.39. The normalized spacial score (nSPS) is 20.2. The summed E-state index contributed by atoms with van der Waals surface area (Å²) in [5, 5.41) is 0. The highest BCUT2D eigenvalue weighted by atomic mass is 15.2. The van der Waals surface area contributed by atoms with E-state index in [9.17, 15) is 0 Å². The van der Waals surface area contributed by atoms with Crippen molar-refractivity contribution in [2.24, 2.45) is 0 Å². The molecule has 3 rings (SSSR count). The van der Waals surface area contributed by atoms with Crippen molar-refractivity contribution in [2.75, 3.05) is 12.8 Å². The Hall–Kier alpha value is -1.02. The number of rotatable bonds is 2. The van der Waals surface area contributed by atoms with Gasteiger partial charge in [-0.15, -0.1) is 0 Å². The highest BCUT2D eigenvalue weighted by molar-refractivity contribution is 5.52. The van der Waals surface area contributed by atoms with Crippen LogP contribution in [0, 0.1) is 13.8 Å². The fourth-order valence-corrected chi connectivity index (χ4v) is 4.10. The van der Waals surface area contributed by atoms with Gasteiger partial charge in [0, 0.05) is 17.8 Å². The molecule has 0 spiro atoms. The molecule has 2 fully saturated rings. The monoisotopic (exact) mass is 316 g/mol. The summed E-state index contributed by atoms with van der Waals surface area (Å²) in [6, 6.07) is 7.89. The first kappa shape index (κ1) is 18.3. The van der Waals surface area contributed by atoms with Crippen molar-refractivity contribution in [3.05, 3.63) is 29.3 Å². The van der Waals surface area contributed by atoms with Crippen LogP contribution in [0.5, 0.6) is 0 Å². The van der Waals surface area contributed by atoms with Crippen molar-refractivity contribution in [3.63, 3.8) is 0 Å². The zero-order valence-corrected chi connectivity index (χ0v) is 15.5. The van der Waals surface area contributed by atoms with Crippen LogP contribution in [0.25, 0.3) is 0 Å². The minimum Gasteiger partial charge on any atom is -0.398 e. The molecule has 1 aromatic rings. The maximum atomic E-state index is 5.68. The van der Waals surface area contributed by atoms with E-state index in [1.807, 2.05) is 32.0 Å². The molecule has 0 atom stereocenters. The van der Waals surface area contributed by atoms with Crippen LogP contribution in [0.4, 0.5) is 5.69 Å². The minimum absolute atomic E-state index is 0.914. The minimum atomic E-state index is 0.914. The molecule has 0 aliphatic heterocycles. The number of anilines is 1. The Bertz CT molecular complexity index is 419. The van der Waals surface area contributed by atoms with E-state index in [2.05, 4.69) is 11.9 Å². The summed E-state index contributed by atoms with van der Waals surface area (Å²) in [6.45, 7) is 4.03. The van der Waals surface area contributed by atoms with E-state index >= 15 is 0 Å². The van der Waals surface area contributed by atoms with Crippen LogP contribution in [-0.2, 0) is 0 Å². The number of nitrogens with two attached hydrogens (primary N) is 1. The van der Waals surface area contributed by atoms with E-state index < -0.39 is 0 Å². The number of hydrogen-bond acceptors (Lipinski definition) is 2. The maximum absolute atomic E-state index is 5.68. The highest BCUT2D eigenvalue weighted by Crippen LogP contribution is 2.28. The van der Waals surface area contributed by atoms with Crippen molar-refractivity contribution in [1.82, 2.24) is 4.90 Å². The van der Waals surface area contributed by atoms with Gasteiger partial charge in [0.1, 0.15) is 0 Å². The molecule has 2 heteroatoms. The van der Waals surface area contributed by atoms with Crippen LogP contribution in [0.2, 0.25) is 0 Å². The molecule has 0 bridgehead atoms. The van der Waals surface area contributed by atoms with E-state index in [0.717, 1.165) is 28.9 Å². The van der Waals surface area contributed by atoms with Crippen LogP contribution in [0.15, 0.2) is 18.2 Å². The summed E-state index contributed by atoms with van der Waals surface area (Å²) in [7, 11) is 2.38. The second-order valence-electron chi connectivity index (χ2n) is 7.55. The van der Waals surface area contributed by atoms with Gasteiger partial charge in [-0.25, -0.2) is 0 Å². The fraction of sp³-hybridized carbons (Fsp3) is 0.714. The third-order valence-corrected chi connectivity index (χ3v) is 5.84. The van der Waals surface area contributed by atoms with E-state index in [0.29, 0.717) is 0 Å². The van der Waals surface area contributed by atoms with Gasteiger partial charge in [-0.1, -0.05) is 56.7 Å². The van der Waals surface area contributed by atoms with Crippen molar-refractivity contribution >= 4 is 5.69 Å². The Morgan fingerprint density at radius 2 is 1.17 bits per heavy atom. The molecule has 2 aliphatic carbocycles. The number of aryl methyl sites for hydroxylation is 2. The topological polar surface area (TPSA) is 29.3 Å². The number of nitrogens with zero attached hydrogens (tertiary/aromatic N) is 1. The summed E-state index contributed by atoms with van der Waals surface area (Å²) < 4.78 is 0. The molecule has 2 nitrogen and oxygen atoms in total. The average Bonchev–Trinajstić information content (AvgIpc) is 2.61. The molecular weight excluding hydrogens is 280 g/mol. The molecule has 0 saturated heterocycles. The first-order chi connectivity index (χ1) is 11.1. The van der Waals surface area contributed by atoms with Gasteiger partial charge >= 0.3 is 0 Å². The number of nitrogen functional groups attached to an aromatic ring is 1. The Morgan fingerprint density at radius 1 is 0.783 bits per heavy atom. The molecule has 0 radical (unpaired) electrons. The zero-order chi connectivity index (χ0) is 16.7. The Balaban J connectivity index is 0.000000185. The molecule has 1 aromatic carbocycles. The summed E-state index contributed by atoms with van der Waals surface area (Å²) >= 11 is 0. The van der Waals surface area contributed by atoms with Crippen LogP contribution in [0.1, 0.15) is 75.3 Å². The molecule has 130 valence electrons. The van der Waals surface area contributed by atoms with Crippen molar-refractivity contribution in [2.45, 2.75) is 90.1 Å². The van der Waals surface area contributed by atoms with E-state index in [1.54, 1.807) is 0 Å². The van der Waals surface area contributed by atoms with Crippen LogP contribution in [0.3, 0.4) is 0 Å². The van der Waals surface area contributed by atoms with Gasteiger partial charge in [-0.05, 0) is 57.7 Å².